The zero-order valence-electron chi connectivity index (χ0n) is 18.1. The number of carbonyl (C=O) groups is 1. The van der Waals surface area contributed by atoms with Crippen molar-refractivity contribution < 1.29 is 14.3 Å². The summed E-state index contributed by atoms with van der Waals surface area (Å²) in [5.74, 6) is 0.899. The Morgan fingerprint density at radius 2 is 2.09 bits per heavy atom. The fraction of sp³-hybridized carbons (Fsp3) is 0.318. The fourth-order valence-corrected chi connectivity index (χ4v) is 2.93. The Morgan fingerprint density at radius 1 is 1.25 bits per heavy atom. The van der Waals surface area contributed by atoms with Crippen LogP contribution in [0, 0.1) is 0 Å². The van der Waals surface area contributed by atoms with Crippen molar-refractivity contribution in [1.82, 2.24) is 20.4 Å². The van der Waals surface area contributed by atoms with Gasteiger partial charge < -0.3 is 25.5 Å². The van der Waals surface area contributed by atoms with Gasteiger partial charge in [-0.05, 0) is 49.7 Å². The number of nitrogens with zero attached hydrogens (tertiary/aromatic N) is 3. The van der Waals surface area contributed by atoms with Gasteiger partial charge in [0.25, 0.3) is 0 Å². The van der Waals surface area contributed by atoms with Crippen molar-refractivity contribution in [3.63, 3.8) is 0 Å². The van der Waals surface area contributed by atoms with E-state index in [2.05, 4.69) is 26.0 Å². The molecule has 1 amide bonds. The first-order valence-corrected chi connectivity index (χ1v) is 10.1. The highest BCUT2D eigenvalue weighted by atomic mass is 127. The predicted molar refractivity (Wildman–Crippen MR) is 134 cm³/mol. The molecule has 0 saturated heterocycles. The highest BCUT2D eigenvalue weighted by Crippen LogP contribution is 2.19. The largest absolute Gasteiger partial charge is 0.466 e. The van der Waals surface area contributed by atoms with Gasteiger partial charge in [-0.3, -0.25) is 9.48 Å². The summed E-state index contributed by atoms with van der Waals surface area (Å²) >= 11 is 0. The molecule has 9 nitrogen and oxygen atoms in total. The molecule has 0 aliphatic rings. The van der Waals surface area contributed by atoms with E-state index < -0.39 is 5.60 Å². The number of carbonyl (C=O) groups excluding carboxylic acids is 1. The summed E-state index contributed by atoms with van der Waals surface area (Å²) in [6, 6.07) is 12.8. The van der Waals surface area contributed by atoms with Gasteiger partial charge in [-0.25, -0.2) is 4.99 Å². The Hall–Kier alpha value is -2.86. The Labute approximate surface area is 204 Å². The number of aliphatic imine (C=N–C) groups is 1. The maximum atomic E-state index is 12.2. The molecule has 0 radical (unpaired) electrons. The highest BCUT2D eigenvalue weighted by Gasteiger charge is 2.26. The molecule has 0 bridgehead atoms. The second-order valence-electron chi connectivity index (χ2n) is 7.25. The van der Waals surface area contributed by atoms with Crippen molar-refractivity contribution in [3.8, 4) is 0 Å². The van der Waals surface area contributed by atoms with Crippen molar-refractivity contribution >= 4 is 41.5 Å². The first kappa shape index (κ1) is 25.4. The average Bonchev–Trinajstić information content (AvgIpc) is 3.45. The Bertz CT molecular complexity index is 987. The van der Waals surface area contributed by atoms with Gasteiger partial charge in [0.05, 0.1) is 19.4 Å². The van der Waals surface area contributed by atoms with Crippen LogP contribution in [0.4, 0.5) is 5.69 Å². The normalized spacial score (nSPS) is 13.0. The van der Waals surface area contributed by atoms with Gasteiger partial charge in [0.15, 0.2) is 5.96 Å². The number of aliphatic hydroxyl groups is 1. The monoisotopic (exact) mass is 552 g/mol. The fourth-order valence-electron chi connectivity index (χ4n) is 2.93. The zero-order chi connectivity index (χ0) is 22.1. The molecule has 10 heteroatoms. The van der Waals surface area contributed by atoms with Crippen LogP contribution in [-0.2, 0) is 23.5 Å². The number of hydrogen-bond acceptors (Lipinski definition) is 5. The van der Waals surface area contributed by atoms with E-state index in [4.69, 9.17) is 4.42 Å². The summed E-state index contributed by atoms with van der Waals surface area (Å²) in [5.41, 5.74) is 0.466. The minimum Gasteiger partial charge on any atom is -0.466 e. The third-order valence-electron chi connectivity index (χ3n) is 4.49. The van der Waals surface area contributed by atoms with Crippen LogP contribution in [0.2, 0.25) is 0 Å². The van der Waals surface area contributed by atoms with Crippen LogP contribution in [-0.4, -0.2) is 39.8 Å². The van der Waals surface area contributed by atoms with Gasteiger partial charge in [0.1, 0.15) is 17.9 Å². The topological polar surface area (TPSA) is 117 Å². The van der Waals surface area contributed by atoms with E-state index in [0.29, 0.717) is 30.5 Å². The van der Waals surface area contributed by atoms with E-state index in [9.17, 15) is 9.90 Å². The van der Waals surface area contributed by atoms with E-state index in [0.717, 1.165) is 5.56 Å². The van der Waals surface area contributed by atoms with Crippen molar-refractivity contribution in [3.05, 3.63) is 72.4 Å². The minimum absolute atomic E-state index is 0. The molecule has 3 rings (SSSR count). The number of furan rings is 1. The van der Waals surface area contributed by atoms with E-state index in [1.54, 1.807) is 42.2 Å². The number of anilines is 1. The summed E-state index contributed by atoms with van der Waals surface area (Å²) < 4.78 is 6.87. The quantitative estimate of drug-likeness (QED) is 0.184. The summed E-state index contributed by atoms with van der Waals surface area (Å²) in [6.45, 7) is 5.12. The molecule has 32 heavy (non-hydrogen) atoms. The first-order valence-electron chi connectivity index (χ1n) is 10.1. The lowest BCUT2D eigenvalue weighted by molar-refractivity contribution is -0.116. The number of rotatable bonds is 9. The van der Waals surface area contributed by atoms with Crippen LogP contribution in [0.25, 0.3) is 0 Å². The number of halogens is 1. The molecular weight excluding hydrogens is 523 g/mol. The van der Waals surface area contributed by atoms with Gasteiger partial charge in [-0.1, -0.05) is 12.1 Å². The van der Waals surface area contributed by atoms with E-state index in [1.807, 2.05) is 31.2 Å². The lowest BCUT2D eigenvalue weighted by atomic mass is 10.0. The van der Waals surface area contributed by atoms with Crippen molar-refractivity contribution in [2.75, 3.05) is 18.4 Å². The lowest BCUT2D eigenvalue weighted by Gasteiger charge is -2.22. The van der Waals surface area contributed by atoms with Crippen LogP contribution in [0.3, 0.4) is 0 Å². The maximum Gasteiger partial charge on any atom is 0.246 e. The summed E-state index contributed by atoms with van der Waals surface area (Å²) in [6.07, 6.45) is 4.91. The van der Waals surface area contributed by atoms with E-state index in [-0.39, 0.29) is 43.0 Å². The zero-order valence-corrected chi connectivity index (χ0v) is 20.4. The van der Waals surface area contributed by atoms with Gasteiger partial charge in [0, 0.05) is 24.6 Å². The van der Waals surface area contributed by atoms with Crippen LogP contribution in [0.5, 0.6) is 0 Å². The number of hydrogen-bond donors (Lipinski definition) is 4. The summed E-state index contributed by atoms with van der Waals surface area (Å²) in [7, 11) is 0. The van der Waals surface area contributed by atoms with Crippen molar-refractivity contribution in [1.29, 1.82) is 0 Å². The molecule has 1 atom stereocenters. The van der Waals surface area contributed by atoms with Gasteiger partial charge in [-0.15, -0.1) is 24.0 Å². The molecule has 3 aromatic rings. The standard InChI is InChI=1S/C22H28N6O3.HI/c1-3-23-21(25-16-22(2,30)19-9-5-12-31-19)24-14-17-7-4-8-18(13-17)27-20(29)15-28-11-6-10-26-28;/h4-13,30H,3,14-16H2,1-2H3,(H,27,29)(H2,23,24,25);1H. The molecule has 1 aromatic carbocycles. The smallest absolute Gasteiger partial charge is 0.246 e. The number of nitrogens with one attached hydrogen (secondary N) is 3. The van der Waals surface area contributed by atoms with Crippen LogP contribution in [0.15, 0.2) is 70.5 Å². The minimum atomic E-state index is -1.17. The number of amides is 1. The van der Waals surface area contributed by atoms with E-state index >= 15 is 0 Å². The number of guanidine groups is 1. The molecule has 0 aliphatic heterocycles. The second-order valence-corrected chi connectivity index (χ2v) is 7.25. The average molecular weight is 552 g/mol. The summed E-state index contributed by atoms with van der Waals surface area (Å²) in [5, 5.41) is 23.8. The molecule has 4 N–H and O–H groups in total. The molecule has 0 saturated carbocycles. The van der Waals surface area contributed by atoms with E-state index in [1.165, 1.54) is 6.26 Å². The maximum absolute atomic E-state index is 12.2. The lowest BCUT2D eigenvalue weighted by Crippen LogP contribution is -2.44. The third-order valence-corrected chi connectivity index (χ3v) is 4.49. The van der Waals surface area contributed by atoms with Crippen molar-refractivity contribution in [2.45, 2.75) is 32.5 Å². The molecule has 0 fully saturated rings. The molecule has 0 spiro atoms. The molecular formula is C22H29IN6O3. The van der Waals surface area contributed by atoms with Gasteiger partial charge >= 0.3 is 0 Å². The molecule has 2 heterocycles. The summed E-state index contributed by atoms with van der Waals surface area (Å²) in [4.78, 5) is 16.7. The predicted octanol–water partition coefficient (Wildman–Crippen LogP) is 2.70. The first-order chi connectivity index (χ1) is 15.0. The number of benzene rings is 1. The molecule has 1 unspecified atom stereocenters. The van der Waals surface area contributed by atoms with Crippen LogP contribution < -0.4 is 16.0 Å². The Morgan fingerprint density at radius 3 is 2.78 bits per heavy atom. The SMILES string of the molecule is CCNC(=NCc1cccc(NC(=O)Cn2cccn2)c1)NCC(C)(O)c1ccco1.I. The van der Waals surface area contributed by atoms with Gasteiger partial charge in [0.2, 0.25) is 5.91 Å². The second kappa shape index (κ2) is 12.2. The molecule has 0 aliphatic carbocycles. The Balaban J connectivity index is 0.00000363. The van der Waals surface area contributed by atoms with Gasteiger partial charge in [-0.2, -0.15) is 5.10 Å². The molecule has 2 aromatic heterocycles. The molecule has 172 valence electrons. The third kappa shape index (κ3) is 7.68. The number of aromatic nitrogens is 2. The van der Waals surface area contributed by atoms with Crippen molar-refractivity contribution in [2.24, 2.45) is 4.99 Å². The van der Waals surface area contributed by atoms with Crippen LogP contribution >= 0.6 is 24.0 Å². The Kier molecular flexibility index (Phi) is 9.72. The van der Waals surface area contributed by atoms with Crippen LogP contribution in [0.1, 0.15) is 25.2 Å². The highest BCUT2D eigenvalue weighted by molar-refractivity contribution is 14.0.